The van der Waals surface area contributed by atoms with E-state index in [1.807, 2.05) is 0 Å². The fourth-order valence-corrected chi connectivity index (χ4v) is 2.50. The lowest BCUT2D eigenvalue weighted by atomic mass is 10.4. The number of rotatable bonds is 6. The number of hydrogen-bond donors (Lipinski definition) is 1. The predicted octanol–water partition coefficient (Wildman–Crippen LogP) is 0.785. The van der Waals surface area contributed by atoms with Crippen molar-refractivity contribution in [3.8, 4) is 12.3 Å². The van der Waals surface area contributed by atoms with Crippen molar-refractivity contribution in [2.45, 2.75) is 30.5 Å². The average molecular weight is 268 g/mol. The molecule has 0 aromatic carbocycles. The van der Waals surface area contributed by atoms with Crippen molar-refractivity contribution < 1.29 is 12.8 Å². The van der Waals surface area contributed by atoms with Crippen LogP contribution >= 0.6 is 0 Å². The van der Waals surface area contributed by atoms with E-state index in [9.17, 15) is 8.42 Å². The van der Waals surface area contributed by atoms with Gasteiger partial charge in [-0.15, -0.1) is 6.42 Å². The minimum absolute atomic E-state index is 0.0265. The van der Waals surface area contributed by atoms with Crippen LogP contribution < -0.4 is 5.32 Å². The minimum Gasteiger partial charge on any atom is -0.447 e. The van der Waals surface area contributed by atoms with Crippen LogP contribution in [0.5, 0.6) is 0 Å². The first-order chi connectivity index (χ1) is 8.54. The number of sulfonamides is 1. The quantitative estimate of drug-likeness (QED) is 0.775. The van der Waals surface area contributed by atoms with Crippen molar-refractivity contribution in [2.24, 2.45) is 0 Å². The lowest BCUT2D eigenvalue weighted by Gasteiger charge is -2.11. The largest absolute Gasteiger partial charge is 0.447 e. The van der Waals surface area contributed by atoms with E-state index in [0.29, 0.717) is 18.3 Å². The molecule has 0 atom stereocenters. The molecule has 98 valence electrons. The van der Waals surface area contributed by atoms with Crippen molar-refractivity contribution in [1.82, 2.24) is 9.62 Å². The summed E-state index contributed by atoms with van der Waals surface area (Å²) in [6, 6.07) is 3.69. The summed E-state index contributed by atoms with van der Waals surface area (Å²) in [5.74, 6) is 2.91. The summed E-state index contributed by atoms with van der Waals surface area (Å²) in [5.41, 5.74) is 0. The van der Waals surface area contributed by atoms with Crippen molar-refractivity contribution in [3.63, 3.8) is 0 Å². The Bertz CT molecular complexity index is 552. The lowest BCUT2D eigenvalue weighted by Crippen LogP contribution is -2.26. The Labute approximate surface area is 107 Å². The van der Waals surface area contributed by atoms with Crippen LogP contribution in [0, 0.1) is 12.3 Å². The Balaban J connectivity index is 2.05. The van der Waals surface area contributed by atoms with Crippen LogP contribution in [0.3, 0.4) is 0 Å². The number of terminal acetylenes is 1. The monoisotopic (exact) mass is 268 g/mol. The van der Waals surface area contributed by atoms with Gasteiger partial charge >= 0.3 is 0 Å². The number of nitrogens with zero attached hydrogens (tertiary/aromatic N) is 1. The zero-order valence-electron chi connectivity index (χ0n) is 10.2. The van der Waals surface area contributed by atoms with Crippen LogP contribution in [0.2, 0.25) is 0 Å². The summed E-state index contributed by atoms with van der Waals surface area (Å²) in [7, 11) is -2.18. The molecule has 0 unspecified atom stereocenters. The Morgan fingerprint density at radius 2 is 2.28 bits per heavy atom. The first kappa shape index (κ1) is 13.1. The molecule has 0 radical (unpaired) electrons. The molecule has 1 aromatic heterocycles. The third-order valence-corrected chi connectivity index (χ3v) is 4.44. The third kappa shape index (κ3) is 2.93. The van der Waals surface area contributed by atoms with Crippen LogP contribution in [-0.2, 0) is 16.6 Å². The van der Waals surface area contributed by atoms with E-state index in [4.69, 9.17) is 10.8 Å². The van der Waals surface area contributed by atoms with Gasteiger partial charge in [0, 0.05) is 13.1 Å². The molecule has 1 N–H and O–H groups in total. The number of furan rings is 1. The van der Waals surface area contributed by atoms with Crippen LogP contribution in [-0.4, -0.2) is 32.4 Å². The van der Waals surface area contributed by atoms with Gasteiger partial charge in [-0.1, -0.05) is 5.92 Å². The first-order valence-electron chi connectivity index (χ1n) is 5.76. The standard InChI is InChI=1S/C12H16N2O3S/c1-3-8-14(2)18(15,16)12-7-6-11(17-12)9-13-10-4-5-10/h1,6-7,10,13H,4-5,8-9H2,2H3. The second-order valence-electron chi connectivity index (χ2n) is 4.34. The molecular formula is C12H16N2O3S. The van der Waals surface area contributed by atoms with Gasteiger partial charge in [0.2, 0.25) is 5.09 Å². The molecule has 1 aromatic rings. The van der Waals surface area contributed by atoms with E-state index in [-0.39, 0.29) is 11.6 Å². The van der Waals surface area contributed by atoms with E-state index in [1.54, 1.807) is 6.07 Å². The fourth-order valence-electron chi connectivity index (χ4n) is 1.49. The zero-order chi connectivity index (χ0) is 13.2. The maximum Gasteiger partial charge on any atom is 0.277 e. The van der Waals surface area contributed by atoms with Gasteiger partial charge in [-0.3, -0.25) is 0 Å². The van der Waals surface area contributed by atoms with Gasteiger partial charge in [-0.05, 0) is 25.0 Å². The predicted molar refractivity (Wildman–Crippen MR) is 67.2 cm³/mol. The van der Waals surface area contributed by atoms with E-state index in [1.165, 1.54) is 26.0 Å². The molecule has 5 nitrogen and oxygen atoms in total. The van der Waals surface area contributed by atoms with Gasteiger partial charge in [0.15, 0.2) is 0 Å². The summed E-state index contributed by atoms with van der Waals surface area (Å²) in [6.45, 7) is 0.581. The Morgan fingerprint density at radius 3 is 2.89 bits per heavy atom. The van der Waals surface area contributed by atoms with Crippen LogP contribution in [0.1, 0.15) is 18.6 Å². The Morgan fingerprint density at radius 1 is 1.56 bits per heavy atom. The smallest absolute Gasteiger partial charge is 0.277 e. The third-order valence-electron chi connectivity index (χ3n) is 2.76. The molecule has 0 amide bonds. The maximum atomic E-state index is 12.0. The molecule has 0 aliphatic heterocycles. The van der Waals surface area contributed by atoms with E-state index < -0.39 is 10.0 Å². The SMILES string of the molecule is C#CCN(C)S(=O)(=O)c1ccc(CNC2CC2)o1. The molecule has 2 rings (SSSR count). The molecule has 1 heterocycles. The van der Waals surface area contributed by atoms with Gasteiger partial charge < -0.3 is 9.73 Å². The molecule has 18 heavy (non-hydrogen) atoms. The Kier molecular flexibility index (Phi) is 3.76. The van der Waals surface area contributed by atoms with Crippen LogP contribution in [0.4, 0.5) is 0 Å². The molecule has 0 bridgehead atoms. The van der Waals surface area contributed by atoms with Gasteiger partial charge in [-0.25, -0.2) is 8.42 Å². The maximum absolute atomic E-state index is 12.0. The zero-order valence-corrected chi connectivity index (χ0v) is 11.0. The highest BCUT2D eigenvalue weighted by molar-refractivity contribution is 7.89. The molecular weight excluding hydrogens is 252 g/mol. The second-order valence-corrected chi connectivity index (χ2v) is 6.32. The Hall–Kier alpha value is -1.29. The molecule has 0 saturated heterocycles. The molecule has 1 fully saturated rings. The molecule has 1 saturated carbocycles. The van der Waals surface area contributed by atoms with Gasteiger partial charge in [-0.2, -0.15) is 4.31 Å². The van der Waals surface area contributed by atoms with Crippen LogP contribution in [0.25, 0.3) is 0 Å². The van der Waals surface area contributed by atoms with E-state index in [0.717, 1.165) is 4.31 Å². The molecule has 1 aliphatic carbocycles. The van der Waals surface area contributed by atoms with Gasteiger partial charge in [0.25, 0.3) is 10.0 Å². The summed E-state index contributed by atoms with van der Waals surface area (Å²) in [6.07, 6.45) is 7.46. The summed E-state index contributed by atoms with van der Waals surface area (Å²) < 4.78 is 30.4. The first-order valence-corrected chi connectivity index (χ1v) is 7.20. The minimum atomic E-state index is -3.61. The van der Waals surface area contributed by atoms with Crippen molar-refractivity contribution >= 4 is 10.0 Å². The van der Waals surface area contributed by atoms with Crippen molar-refractivity contribution in [1.29, 1.82) is 0 Å². The van der Waals surface area contributed by atoms with Crippen LogP contribution in [0.15, 0.2) is 21.6 Å². The highest BCUT2D eigenvalue weighted by atomic mass is 32.2. The van der Waals surface area contributed by atoms with E-state index in [2.05, 4.69) is 11.2 Å². The highest BCUT2D eigenvalue weighted by Gasteiger charge is 2.25. The number of hydrogen-bond acceptors (Lipinski definition) is 4. The van der Waals surface area contributed by atoms with Crippen molar-refractivity contribution in [3.05, 3.63) is 17.9 Å². The summed E-state index contributed by atoms with van der Waals surface area (Å²) in [5, 5.41) is 3.20. The normalized spacial score (nSPS) is 15.8. The second kappa shape index (κ2) is 5.14. The lowest BCUT2D eigenvalue weighted by molar-refractivity contribution is 0.386. The van der Waals surface area contributed by atoms with Gasteiger partial charge in [0.05, 0.1) is 13.1 Å². The topological polar surface area (TPSA) is 62.6 Å². The molecule has 0 spiro atoms. The highest BCUT2D eigenvalue weighted by Crippen LogP contribution is 2.21. The fraction of sp³-hybridized carbons (Fsp3) is 0.500. The van der Waals surface area contributed by atoms with Crippen molar-refractivity contribution in [2.75, 3.05) is 13.6 Å². The average Bonchev–Trinajstić information content (AvgIpc) is 3.03. The number of nitrogens with one attached hydrogen (secondary N) is 1. The van der Waals surface area contributed by atoms with E-state index >= 15 is 0 Å². The summed E-state index contributed by atoms with van der Waals surface area (Å²) in [4.78, 5) is 0. The molecule has 6 heteroatoms. The molecule has 1 aliphatic rings. The van der Waals surface area contributed by atoms with Gasteiger partial charge in [0.1, 0.15) is 5.76 Å². The summed E-state index contributed by atoms with van der Waals surface area (Å²) >= 11 is 0.